The first kappa shape index (κ1) is 17.3. The van der Waals surface area contributed by atoms with Crippen LogP contribution in [0.15, 0.2) is 30.3 Å². The van der Waals surface area contributed by atoms with Crippen LogP contribution in [0.5, 0.6) is 0 Å². The lowest BCUT2D eigenvalue weighted by molar-refractivity contribution is -0.718. The summed E-state index contributed by atoms with van der Waals surface area (Å²) >= 11 is 0. The fourth-order valence-electron chi connectivity index (χ4n) is 4.58. The number of fused-ring (bicyclic) bond motifs is 1. The van der Waals surface area contributed by atoms with Gasteiger partial charge in [0.05, 0.1) is 12.5 Å². The number of nitrogens with two attached hydrogens (primary N) is 1. The summed E-state index contributed by atoms with van der Waals surface area (Å²) in [6.07, 6.45) is 4.97. The molecular formula is C20H29N4O2+. The van der Waals surface area contributed by atoms with Gasteiger partial charge in [-0.1, -0.05) is 24.6 Å². The van der Waals surface area contributed by atoms with Gasteiger partial charge in [-0.25, -0.2) is 0 Å². The van der Waals surface area contributed by atoms with Crippen molar-refractivity contribution in [3.63, 3.8) is 0 Å². The maximum atomic E-state index is 12.7. The van der Waals surface area contributed by atoms with Crippen LogP contribution in [0, 0.1) is 0 Å². The van der Waals surface area contributed by atoms with E-state index in [1.165, 1.54) is 18.5 Å². The number of piperazine rings is 2. The number of carbonyl (C=O) groups is 2. The number of rotatable bonds is 3. The molecule has 1 aliphatic carbocycles. The Bertz CT molecular complexity index is 642. The Morgan fingerprint density at radius 3 is 2.58 bits per heavy atom. The number of quaternary nitrogens is 1. The van der Waals surface area contributed by atoms with Gasteiger partial charge in [0, 0.05) is 38.3 Å². The Morgan fingerprint density at radius 1 is 1.08 bits per heavy atom. The first-order chi connectivity index (χ1) is 12.7. The molecule has 0 unspecified atom stereocenters. The van der Waals surface area contributed by atoms with Crippen molar-refractivity contribution in [3.8, 4) is 0 Å². The number of anilines is 1. The molecule has 0 spiro atoms. The van der Waals surface area contributed by atoms with Crippen LogP contribution in [0.1, 0.15) is 32.1 Å². The van der Waals surface area contributed by atoms with E-state index >= 15 is 0 Å². The summed E-state index contributed by atoms with van der Waals surface area (Å²) in [5, 5.41) is 5.32. The predicted molar refractivity (Wildman–Crippen MR) is 99.8 cm³/mol. The smallest absolute Gasteiger partial charge is 0.279 e. The van der Waals surface area contributed by atoms with Gasteiger partial charge in [0.15, 0.2) is 6.04 Å². The highest BCUT2D eigenvalue weighted by atomic mass is 16.2. The van der Waals surface area contributed by atoms with Crippen molar-refractivity contribution in [3.05, 3.63) is 30.3 Å². The van der Waals surface area contributed by atoms with E-state index in [4.69, 9.17) is 0 Å². The van der Waals surface area contributed by atoms with Gasteiger partial charge < -0.3 is 20.4 Å². The number of nitrogens with one attached hydrogen (secondary N) is 1. The molecule has 6 heteroatoms. The number of para-hydroxylation sites is 1. The lowest BCUT2D eigenvalue weighted by Crippen LogP contribution is -3.03. The molecule has 3 aliphatic rings. The van der Waals surface area contributed by atoms with Crippen LogP contribution in [0.3, 0.4) is 0 Å². The second kappa shape index (κ2) is 7.66. The zero-order valence-corrected chi connectivity index (χ0v) is 15.3. The van der Waals surface area contributed by atoms with E-state index in [1.807, 2.05) is 23.1 Å². The van der Waals surface area contributed by atoms with Crippen molar-refractivity contribution >= 4 is 17.5 Å². The molecule has 2 heterocycles. The number of hydrogen-bond acceptors (Lipinski definition) is 3. The first-order valence-electron chi connectivity index (χ1n) is 9.94. The number of carbonyl (C=O) groups excluding carboxylic acids is 2. The molecule has 140 valence electrons. The standard InChI is InChI=1S/C20H28N4O2/c25-19(14-18-20(26)22-17-9-5-4-8-16(17)21-18)24-12-10-23(11-13-24)15-6-2-1-3-7-15/h1-3,6-7,16-18,21H,4-5,8-14H2,(H,22,26)/p+1/t16-,17-,18-/m0/s1. The molecule has 4 rings (SSSR count). The third-order valence-corrected chi connectivity index (χ3v) is 6.11. The molecule has 3 fully saturated rings. The normalized spacial score (nSPS) is 29.1. The van der Waals surface area contributed by atoms with Crippen molar-refractivity contribution in [2.24, 2.45) is 0 Å². The predicted octanol–water partition coefficient (Wildman–Crippen LogP) is 0.0983. The molecule has 6 nitrogen and oxygen atoms in total. The fraction of sp³-hybridized carbons (Fsp3) is 0.600. The quantitative estimate of drug-likeness (QED) is 0.806. The zero-order valence-electron chi connectivity index (χ0n) is 15.3. The second-order valence-electron chi connectivity index (χ2n) is 7.77. The molecule has 1 aromatic carbocycles. The van der Waals surface area contributed by atoms with Gasteiger partial charge >= 0.3 is 0 Å². The molecular weight excluding hydrogens is 328 g/mol. The van der Waals surface area contributed by atoms with Crippen LogP contribution in [0.25, 0.3) is 0 Å². The van der Waals surface area contributed by atoms with Crippen molar-refractivity contribution in [2.75, 3.05) is 31.1 Å². The van der Waals surface area contributed by atoms with Gasteiger partial charge in [-0.15, -0.1) is 0 Å². The molecule has 2 amide bonds. The van der Waals surface area contributed by atoms with Gasteiger partial charge in [-0.2, -0.15) is 0 Å². The molecule has 1 aromatic rings. The van der Waals surface area contributed by atoms with Gasteiger partial charge in [-0.3, -0.25) is 9.59 Å². The monoisotopic (exact) mass is 357 g/mol. The molecule has 26 heavy (non-hydrogen) atoms. The largest absolute Gasteiger partial charge is 0.368 e. The average molecular weight is 357 g/mol. The van der Waals surface area contributed by atoms with Crippen LogP contribution in [-0.4, -0.2) is 61.0 Å². The fourth-order valence-corrected chi connectivity index (χ4v) is 4.58. The summed E-state index contributed by atoms with van der Waals surface area (Å²) in [6, 6.07) is 10.8. The number of benzene rings is 1. The van der Waals surface area contributed by atoms with Gasteiger partial charge in [0.25, 0.3) is 5.91 Å². The van der Waals surface area contributed by atoms with Crippen LogP contribution in [0.2, 0.25) is 0 Å². The van der Waals surface area contributed by atoms with Gasteiger partial charge in [0.1, 0.15) is 6.04 Å². The molecule has 0 aromatic heterocycles. The van der Waals surface area contributed by atoms with E-state index in [9.17, 15) is 9.59 Å². The van der Waals surface area contributed by atoms with Crippen molar-refractivity contribution in [1.82, 2.24) is 10.2 Å². The maximum Gasteiger partial charge on any atom is 0.279 e. The minimum Gasteiger partial charge on any atom is -0.368 e. The topological polar surface area (TPSA) is 69.3 Å². The highest BCUT2D eigenvalue weighted by molar-refractivity contribution is 5.87. The molecule has 2 saturated heterocycles. The van der Waals surface area contributed by atoms with Crippen molar-refractivity contribution in [1.29, 1.82) is 0 Å². The van der Waals surface area contributed by atoms with E-state index in [2.05, 4.69) is 27.7 Å². The van der Waals surface area contributed by atoms with E-state index in [0.29, 0.717) is 18.5 Å². The summed E-state index contributed by atoms with van der Waals surface area (Å²) in [5.41, 5.74) is 1.21. The minimum absolute atomic E-state index is 0.0458. The Labute approximate surface area is 154 Å². The van der Waals surface area contributed by atoms with E-state index in [0.717, 1.165) is 39.0 Å². The summed E-state index contributed by atoms with van der Waals surface area (Å²) in [7, 11) is 0. The average Bonchev–Trinajstić information content (AvgIpc) is 2.69. The zero-order chi connectivity index (χ0) is 17.9. The third-order valence-electron chi connectivity index (χ3n) is 6.11. The Hall–Kier alpha value is -2.08. The molecule has 0 radical (unpaired) electrons. The minimum atomic E-state index is -0.256. The first-order valence-corrected chi connectivity index (χ1v) is 9.94. The molecule has 3 N–H and O–H groups in total. The highest BCUT2D eigenvalue weighted by Crippen LogP contribution is 2.19. The summed E-state index contributed by atoms with van der Waals surface area (Å²) in [5.74, 6) is 0.160. The maximum absolute atomic E-state index is 12.7. The number of hydrogen-bond donors (Lipinski definition) is 2. The SMILES string of the molecule is O=C1N[C@H]2CCCC[C@@H]2[NH2+][C@H]1CC(=O)N1CCN(c2ccccc2)CC1. The van der Waals surface area contributed by atoms with E-state index in [-0.39, 0.29) is 17.9 Å². The summed E-state index contributed by atoms with van der Waals surface area (Å²) < 4.78 is 0. The van der Waals surface area contributed by atoms with Crippen molar-refractivity contribution < 1.29 is 14.9 Å². The number of amides is 2. The number of nitrogens with zero attached hydrogens (tertiary/aromatic N) is 2. The summed E-state index contributed by atoms with van der Waals surface area (Å²) in [6.45, 7) is 3.16. The Morgan fingerprint density at radius 2 is 1.81 bits per heavy atom. The van der Waals surface area contributed by atoms with Gasteiger partial charge in [0.2, 0.25) is 5.91 Å². The Kier molecular flexibility index (Phi) is 5.11. The summed E-state index contributed by atoms with van der Waals surface area (Å²) in [4.78, 5) is 29.3. The molecule has 2 aliphatic heterocycles. The molecule has 3 atom stereocenters. The van der Waals surface area contributed by atoms with Crippen LogP contribution in [0.4, 0.5) is 5.69 Å². The van der Waals surface area contributed by atoms with Crippen LogP contribution in [-0.2, 0) is 9.59 Å². The molecule has 0 bridgehead atoms. The van der Waals surface area contributed by atoms with E-state index in [1.54, 1.807) is 0 Å². The van der Waals surface area contributed by atoms with E-state index < -0.39 is 0 Å². The second-order valence-corrected chi connectivity index (χ2v) is 7.77. The van der Waals surface area contributed by atoms with Crippen molar-refractivity contribution in [2.45, 2.75) is 50.2 Å². The lowest BCUT2D eigenvalue weighted by Gasteiger charge is -2.39. The van der Waals surface area contributed by atoms with Crippen LogP contribution >= 0.6 is 0 Å². The lowest BCUT2D eigenvalue weighted by atomic mass is 9.87. The Balaban J connectivity index is 1.29. The third kappa shape index (κ3) is 3.70. The van der Waals surface area contributed by atoms with Gasteiger partial charge in [-0.05, 0) is 25.0 Å². The highest BCUT2D eigenvalue weighted by Gasteiger charge is 2.41. The van der Waals surface area contributed by atoms with Crippen LogP contribution < -0.4 is 15.5 Å². The molecule has 1 saturated carbocycles.